The molecule has 2 N–H and O–H groups in total. The minimum Gasteiger partial charge on any atom is -0.381 e. The average molecular weight is 499 g/mol. The van der Waals surface area contributed by atoms with Crippen LogP contribution in [-0.4, -0.2) is 51.1 Å². The molecule has 186 valence electrons. The van der Waals surface area contributed by atoms with Crippen LogP contribution in [0.15, 0.2) is 47.7 Å². The summed E-state index contributed by atoms with van der Waals surface area (Å²) in [6.45, 7) is 5.62. The predicted molar refractivity (Wildman–Crippen MR) is 114 cm³/mol. The maximum Gasteiger partial charge on any atom is 0.433 e. The summed E-state index contributed by atoms with van der Waals surface area (Å²) in [5, 5.41) is 5.71. The molecule has 0 spiro atoms. The molecule has 3 heterocycles. The number of fused-ring (bicyclic) bond motifs is 1. The summed E-state index contributed by atoms with van der Waals surface area (Å²) in [4.78, 5) is 19.2. The van der Waals surface area contributed by atoms with Gasteiger partial charge in [-0.25, -0.2) is 4.98 Å². The summed E-state index contributed by atoms with van der Waals surface area (Å²) in [6, 6.07) is 3.26. The van der Waals surface area contributed by atoms with Crippen molar-refractivity contribution in [3.05, 3.63) is 48.4 Å². The second kappa shape index (κ2) is 9.24. The minimum atomic E-state index is -4.73. The van der Waals surface area contributed by atoms with E-state index in [0.29, 0.717) is 13.2 Å². The van der Waals surface area contributed by atoms with Gasteiger partial charge in [-0.2, -0.15) is 41.3 Å². The van der Waals surface area contributed by atoms with E-state index in [1.54, 1.807) is 0 Å². The van der Waals surface area contributed by atoms with Gasteiger partial charge in [-0.15, -0.1) is 0 Å². The molecule has 2 aromatic rings. The highest BCUT2D eigenvalue weighted by Gasteiger charge is 2.54. The third kappa shape index (κ3) is 5.75. The Hall–Kier alpha value is -3.55. The SMILES string of the molecule is C=C/N=C(\C=C(/C)Nc1nc(NC2C3COCC32)nc(-c2cccc(C(F)(F)F)n2)n1)C(F)(F)F. The number of aliphatic imine (C=N–C) groups is 1. The third-order valence-electron chi connectivity index (χ3n) is 5.34. The maximum absolute atomic E-state index is 13.1. The zero-order valence-corrected chi connectivity index (χ0v) is 18.2. The monoisotopic (exact) mass is 499 g/mol. The van der Waals surface area contributed by atoms with Crippen LogP contribution in [0.1, 0.15) is 12.6 Å². The zero-order chi connectivity index (χ0) is 25.4. The molecule has 1 saturated heterocycles. The van der Waals surface area contributed by atoms with Gasteiger partial charge < -0.3 is 15.4 Å². The van der Waals surface area contributed by atoms with E-state index in [9.17, 15) is 26.3 Å². The standard InChI is InChI=1S/C21H19F6N7O/c1-3-28-15(21(25,26)27)7-10(2)29-18-32-17(13-5-4-6-14(30-13)20(22,23)24)33-19(34-18)31-16-11-8-35-9-12(11)16/h3-7,11-12,16H,1,8-9H2,2H3,(H2,29,31,32,33,34)/b10-7+,28-15+. The number of allylic oxidation sites excluding steroid dienone is 2. The molecule has 2 fully saturated rings. The lowest BCUT2D eigenvalue weighted by molar-refractivity contribution is -0.141. The van der Waals surface area contributed by atoms with E-state index in [0.717, 1.165) is 24.4 Å². The van der Waals surface area contributed by atoms with Crippen LogP contribution in [0.3, 0.4) is 0 Å². The summed E-state index contributed by atoms with van der Waals surface area (Å²) < 4.78 is 84.2. The van der Waals surface area contributed by atoms with E-state index in [2.05, 4.69) is 42.1 Å². The molecule has 35 heavy (non-hydrogen) atoms. The fourth-order valence-electron chi connectivity index (χ4n) is 3.64. The first-order valence-corrected chi connectivity index (χ1v) is 10.3. The fraction of sp³-hybridized carbons (Fsp3) is 0.381. The number of aromatic nitrogens is 4. The summed E-state index contributed by atoms with van der Waals surface area (Å²) in [7, 11) is 0. The molecule has 8 nitrogen and oxygen atoms in total. The molecule has 2 atom stereocenters. The summed E-state index contributed by atoms with van der Waals surface area (Å²) in [5.41, 5.74) is -2.56. The molecule has 2 unspecified atom stereocenters. The van der Waals surface area contributed by atoms with Gasteiger partial charge in [0, 0.05) is 29.8 Å². The van der Waals surface area contributed by atoms with Crippen molar-refractivity contribution in [2.45, 2.75) is 25.3 Å². The van der Waals surface area contributed by atoms with Gasteiger partial charge >= 0.3 is 12.4 Å². The molecule has 0 radical (unpaired) electrons. The summed E-state index contributed by atoms with van der Waals surface area (Å²) >= 11 is 0. The summed E-state index contributed by atoms with van der Waals surface area (Å²) in [5.74, 6) is 0.169. The third-order valence-corrected chi connectivity index (χ3v) is 5.34. The molecule has 14 heteroatoms. The molecule has 0 amide bonds. The van der Waals surface area contributed by atoms with Gasteiger partial charge in [0.1, 0.15) is 17.1 Å². The Balaban J connectivity index is 1.67. The van der Waals surface area contributed by atoms with Gasteiger partial charge in [-0.3, -0.25) is 4.99 Å². The molecule has 1 aliphatic heterocycles. The van der Waals surface area contributed by atoms with Gasteiger partial charge in [0.05, 0.1) is 13.2 Å². The Labute approximate surface area is 195 Å². The van der Waals surface area contributed by atoms with E-state index in [1.807, 2.05) is 0 Å². The van der Waals surface area contributed by atoms with Crippen molar-refractivity contribution in [3.8, 4) is 11.5 Å². The van der Waals surface area contributed by atoms with Crippen LogP contribution in [0.2, 0.25) is 0 Å². The molecule has 4 rings (SSSR count). The van der Waals surface area contributed by atoms with Crippen molar-refractivity contribution in [1.29, 1.82) is 0 Å². The van der Waals surface area contributed by atoms with Gasteiger partial charge in [-0.1, -0.05) is 12.6 Å². The molecule has 0 aromatic carbocycles. The van der Waals surface area contributed by atoms with Crippen LogP contribution in [0.5, 0.6) is 0 Å². The van der Waals surface area contributed by atoms with E-state index in [1.165, 1.54) is 13.0 Å². The highest BCUT2D eigenvalue weighted by atomic mass is 19.4. The number of nitrogens with zero attached hydrogens (tertiary/aromatic N) is 5. The van der Waals surface area contributed by atoms with E-state index >= 15 is 0 Å². The molecular formula is C21H19F6N7O. The predicted octanol–water partition coefficient (Wildman–Crippen LogP) is 4.47. The average Bonchev–Trinajstić information content (AvgIpc) is 3.17. The van der Waals surface area contributed by atoms with E-state index in [4.69, 9.17) is 4.74 Å². The van der Waals surface area contributed by atoms with Gasteiger partial charge in [0.2, 0.25) is 11.9 Å². The Morgan fingerprint density at radius 3 is 2.37 bits per heavy atom. The lowest BCUT2D eigenvalue weighted by atomic mass is 10.3. The Morgan fingerprint density at radius 2 is 1.74 bits per heavy atom. The normalized spacial score (nSPS) is 22.5. The molecule has 0 bridgehead atoms. The number of hydrogen-bond donors (Lipinski definition) is 2. The number of alkyl halides is 6. The number of nitrogens with one attached hydrogen (secondary N) is 2. The van der Waals surface area contributed by atoms with Crippen molar-refractivity contribution in [1.82, 2.24) is 19.9 Å². The number of ether oxygens (including phenoxy) is 1. The second-order valence-corrected chi connectivity index (χ2v) is 7.89. The van der Waals surface area contributed by atoms with Gasteiger partial charge in [0.25, 0.3) is 0 Å². The second-order valence-electron chi connectivity index (χ2n) is 7.89. The van der Waals surface area contributed by atoms with Gasteiger partial charge in [-0.05, 0) is 25.1 Å². The van der Waals surface area contributed by atoms with Crippen LogP contribution in [0.25, 0.3) is 11.5 Å². The largest absolute Gasteiger partial charge is 0.433 e. The van der Waals surface area contributed by atoms with Crippen molar-refractivity contribution in [2.24, 2.45) is 16.8 Å². The Kier molecular flexibility index (Phi) is 6.49. The van der Waals surface area contributed by atoms with Crippen molar-refractivity contribution in [3.63, 3.8) is 0 Å². The summed E-state index contributed by atoms with van der Waals surface area (Å²) in [6.07, 6.45) is -7.94. The first-order chi connectivity index (χ1) is 16.5. The zero-order valence-electron chi connectivity index (χ0n) is 18.2. The van der Waals surface area contributed by atoms with Crippen LogP contribution in [0, 0.1) is 11.8 Å². The van der Waals surface area contributed by atoms with E-state index in [-0.39, 0.29) is 47.0 Å². The van der Waals surface area contributed by atoms with E-state index < -0.39 is 23.8 Å². The number of hydrogen-bond acceptors (Lipinski definition) is 8. The van der Waals surface area contributed by atoms with Crippen LogP contribution in [0.4, 0.5) is 38.2 Å². The Morgan fingerprint density at radius 1 is 1.06 bits per heavy atom. The lowest BCUT2D eigenvalue weighted by Crippen LogP contribution is -2.22. The molecule has 1 aliphatic carbocycles. The first-order valence-electron chi connectivity index (χ1n) is 10.3. The molecule has 2 aliphatic rings. The topological polar surface area (TPSA) is 97.2 Å². The molecular weight excluding hydrogens is 480 g/mol. The van der Waals surface area contributed by atoms with Crippen molar-refractivity contribution >= 4 is 17.6 Å². The number of rotatable bonds is 7. The Bertz CT molecular complexity index is 1170. The molecule has 2 aromatic heterocycles. The van der Waals surface area contributed by atoms with Crippen LogP contribution < -0.4 is 10.6 Å². The molecule has 1 saturated carbocycles. The van der Waals surface area contributed by atoms with Crippen molar-refractivity contribution < 1.29 is 31.1 Å². The fourth-order valence-corrected chi connectivity index (χ4v) is 3.64. The van der Waals surface area contributed by atoms with Crippen molar-refractivity contribution in [2.75, 3.05) is 23.8 Å². The van der Waals surface area contributed by atoms with Crippen LogP contribution in [-0.2, 0) is 10.9 Å². The number of halogens is 6. The highest BCUT2D eigenvalue weighted by Crippen LogP contribution is 2.45. The minimum absolute atomic E-state index is 0.00881. The first kappa shape index (κ1) is 24.6. The smallest absolute Gasteiger partial charge is 0.381 e. The highest BCUT2D eigenvalue weighted by molar-refractivity contribution is 6.00. The lowest BCUT2D eigenvalue weighted by Gasteiger charge is -2.13. The van der Waals surface area contributed by atoms with Crippen LogP contribution >= 0.6 is 0 Å². The quantitative estimate of drug-likeness (QED) is 0.429. The maximum atomic E-state index is 13.1. The van der Waals surface area contributed by atoms with Gasteiger partial charge in [0.15, 0.2) is 5.82 Å². The number of anilines is 2. The number of pyridine rings is 1.